The second-order valence-corrected chi connectivity index (χ2v) is 4.69. The monoisotopic (exact) mass is 293 g/mol. The Hall–Kier alpha value is -2.29. The zero-order chi connectivity index (χ0) is 15.5. The van der Waals surface area contributed by atoms with Crippen molar-refractivity contribution in [3.63, 3.8) is 0 Å². The summed E-state index contributed by atoms with van der Waals surface area (Å²) in [6.45, 7) is 0.949. The molecule has 0 amide bonds. The van der Waals surface area contributed by atoms with E-state index in [4.69, 9.17) is 0 Å². The van der Waals surface area contributed by atoms with Crippen molar-refractivity contribution in [1.82, 2.24) is 4.98 Å². The summed E-state index contributed by atoms with van der Waals surface area (Å²) in [5, 5.41) is 9.76. The summed E-state index contributed by atoms with van der Waals surface area (Å²) in [6.07, 6.45) is -2.44. The van der Waals surface area contributed by atoms with Gasteiger partial charge in [0.05, 0.1) is 16.8 Å². The molecule has 0 unspecified atom stereocenters. The number of rotatable bonds is 4. The zero-order valence-corrected chi connectivity index (χ0v) is 11.5. The summed E-state index contributed by atoms with van der Waals surface area (Å²) in [6, 6.07) is 8.84. The van der Waals surface area contributed by atoms with Gasteiger partial charge in [-0.3, -0.25) is 4.98 Å². The minimum absolute atomic E-state index is 0.159. The fourth-order valence-corrected chi connectivity index (χ4v) is 2.31. The molecule has 110 valence electrons. The van der Waals surface area contributed by atoms with Gasteiger partial charge in [0.15, 0.2) is 0 Å². The van der Waals surface area contributed by atoms with E-state index in [-0.39, 0.29) is 12.1 Å². The maximum absolute atomic E-state index is 12.8. The maximum Gasteiger partial charge on any atom is 0.405 e. The maximum atomic E-state index is 12.8. The molecule has 21 heavy (non-hydrogen) atoms. The fourth-order valence-electron chi connectivity index (χ4n) is 2.31. The molecule has 1 aromatic carbocycles. The first-order chi connectivity index (χ1) is 9.96. The summed E-state index contributed by atoms with van der Waals surface area (Å²) >= 11 is 0. The molecule has 0 radical (unpaired) electrons. The lowest BCUT2D eigenvalue weighted by Crippen LogP contribution is -2.35. The minimum atomic E-state index is -4.33. The molecule has 0 saturated heterocycles. The van der Waals surface area contributed by atoms with Gasteiger partial charge >= 0.3 is 6.18 Å². The lowest BCUT2D eigenvalue weighted by molar-refractivity contribution is -0.119. The fraction of sp³-hybridized carbons (Fsp3) is 0.333. The molecule has 0 aliphatic heterocycles. The van der Waals surface area contributed by atoms with E-state index in [1.807, 2.05) is 6.07 Å². The van der Waals surface area contributed by atoms with Crippen LogP contribution in [-0.2, 0) is 0 Å². The first-order valence-corrected chi connectivity index (χ1v) is 6.56. The molecule has 0 spiro atoms. The number of hydrogen-bond acceptors (Lipinski definition) is 3. The topological polar surface area (TPSA) is 39.9 Å². The summed E-state index contributed by atoms with van der Waals surface area (Å²) < 4.78 is 38.4. The summed E-state index contributed by atoms with van der Waals surface area (Å²) in [7, 11) is 0. The summed E-state index contributed by atoms with van der Waals surface area (Å²) in [5.74, 6) is 0. The van der Waals surface area contributed by atoms with Gasteiger partial charge in [0.25, 0.3) is 0 Å². The molecule has 0 aliphatic rings. The van der Waals surface area contributed by atoms with E-state index in [1.165, 1.54) is 11.1 Å². The molecule has 2 rings (SSSR count). The Balaban J connectivity index is 2.62. The van der Waals surface area contributed by atoms with E-state index in [0.717, 1.165) is 0 Å². The van der Waals surface area contributed by atoms with Gasteiger partial charge in [-0.1, -0.05) is 25.1 Å². The second kappa shape index (κ2) is 6.00. The molecule has 6 heteroatoms. The largest absolute Gasteiger partial charge is 0.405 e. The molecule has 0 saturated carbocycles. The molecular formula is C15H14F3N3. The number of anilines is 1. The quantitative estimate of drug-likeness (QED) is 0.858. The van der Waals surface area contributed by atoms with Gasteiger partial charge in [0.1, 0.15) is 12.6 Å². The smallest absolute Gasteiger partial charge is 0.361 e. The van der Waals surface area contributed by atoms with Gasteiger partial charge in [-0.2, -0.15) is 18.4 Å². The normalized spacial score (nSPS) is 11.4. The van der Waals surface area contributed by atoms with Crippen molar-refractivity contribution in [3.05, 3.63) is 36.0 Å². The third kappa shape index (κ3) is 3.43. The van der Waals surface area contributed by atoms with Crippen LogP contribution >= 0.6 is 0 Å². The minimum Gasteiger partial charge on any atom is -0.361 e. The van der Waals surface area contributed by atoms with E-state index >= 15 is 0 Å². The first kappa shape index (κ1) is 15.1. The highest BCUT2D eigenvalue weighted by Crippen LogP contribution is 2.31. The van der Waals surface area contributed by atoms with Gasteiger partial charge in [-0.05, 0) is 12.5 Å². The lowest BCUT2D eigenvalue weighted by Gasteiger charge is -2.27. The average molecular weight is 293 g/mol. The van der Waals surface area contributed by atoms with E-state index in [1.54, 1.807) is 31.2 Å². The SMILES string of the molecule is CCCN(CC(F)(F)F)c1c(C#N)cnc2ccccc12. The van der Waals surface area contributed by atoms with Crippen LogP contribution in [0.5, 0.6) is 0 Å². The van der Waals surface area contributed by atoms with Crippen LogP contribution in [-0.4, -0.2) is 24.2 Å². The molecule has 1 heterocycles. The second-order valence-electron chi connectivity index (χ2n) is 4.69. The number of halogens is 3. The molecule has 0 N–H and O–H groups in total. The van der Waals surface area contributed by atoms with E-state index in [9.17, 15) is 18.4 Å². The highest BCUT2D eigenvalue weighted by Gasteiger charge is 2.32. The van der Waals surface area contributed by atoms with Crippen LogP contribution in [0.4, 0.5) is 18.9 Å². The van der Waals surface area contributed by atoms with Gasteiger partial charge in [0, 0.05) is 18.1 Å². The Bertz CT molecular complexity index is 674. The molecule has 0 bridgehead atoms. The molecule has 2 aromatic rings. The Labute approximate surface area is 120 Å². The van der Waals surface area contributed by atoms with Crippen LogP contribution in [0.3, 0.4) is 0 Å². The molecule has 1 aromatic heterocycles. The van der Waals surface area contributed by atoms with Crippen LogP contribution in [0.25, 0.3) is 10.9 Å². The predicted octanol–water partition coefficient (Wildman–Crippen LogP) is 3.89. The number of aromatic nitrogens is 1. The van der Waals surface area contributed by atoms with Crippen molar-refractivity contribution >= 4 is 16.6 Å². The van der Waals surface area contributed by atoms with Crippen molar-refractivity contribution in [1.29, 1.82) is 5.26 Å². The van der Waals surface area contributed by atoms with Crippen LogP contribution < -0.4 is 4.90 Å². The highest BCUT2D eigenvalue weighted by atomic mass is 19.4. The number of para-hydroxylation sites is 1. The lowest BCUT2D eigenvalue weighted by atomic mass is 10.1. The zero-order valence-electron chi connectivity index (χ0n) is 11.5. The molecule has 0 aliphatic carbocycles. The van der Waals surface area contributed by atoms with Gasteiger partial charge in [-0.15, -0.1) is 0 Å². The van der Waals surface area contributed by atoms with E-state index < -0.39 is 12.7 Å². The molecular weight excluding hydrogens is 279 g/mol. The number of alkyl halides is 3. The Morgan fingerprint density at radius 3 is 2.62 bits per heavy atom. The number of fused-ring (bicyclic) bond motifs is 1. The van der Waals surface area contributed by atoms with Crippen molar-refractivity contribution in [3.8, 4) is 6.07 Å². The van der Waals surface area contributed by atoms with Crippen molar-refractivity contribution in [2.24, 2.45) is 0 Å². The Morgan fingerprint density at radius 2 is 2.00 bits per heavy atom. The molecule has 0 fully saturated rings. The summed E-state index contributed by atoms with van der Waals surface area (Å²) in [5.41, 5.74) is 1.04. The Kier molecular flexibility index (Phi) is 4.32. The first-order valence-electron chi connectivity index (χ1n) is 6.56. The number of hydrogen-bond donors (Lipinski definition) is 0. The predicted molar refractivity (Wildman–Crippen MR) is 75.0 cm³/mol. The number of pyridine rings is 1. The molecule has 3 nitrogen and oxygen atoms in total. The van der Waals surface area contributed by atoms with Gasteiger partial charge < -0.3 is 4.90 Å². The van der Waals surface area contributed by atoms with Crippen molar-refractivity contribution in [2.45, 2.75) is 19.5 Å². The third-order valence-electron chi connectivity index (χ3n) is 3.05. The van der Waals surface area contributed by atoms with Gasteiger partial charge in [-0.25, -0.2) is 0 Å². The average Bonchev–Trinajstić information content (AvgIpc) is 2.44. The summed E-state index contributed by atoms with van der Waals surface area (Å²) in [4.78, 5) is 5.33. The van der Waals surface area contributed by atoms with Gasteiger partial charge in [0.2, 0.25) is 0 Å². The van der Waals surface area contributed by atoms with E-state index in [2.05, 4.69) is 4.98 Å². The highest BCUT2D eigenvalue weighted by molar-refractivity contribution is 5.94. The number of benzene rings is 1. The van der Waals surface area contributed by atoms with Crippen LogP contribution in [0, 0.1) is 11.3 Å². The third-order valence-corrected chi connectivity index (χ3v) is 3.05. The Morgan fingerprint density at radius 1 is 1.29 bits per heavy atom. The van der Waals surface area contributed by atoms with Crippen LogP contribution in [0.15, 0.2) is 30.5 Å². The molecule has 0 atom stereocenters. The standard InChI is InChI=1S/C15H14F3N3/c1-2-7-21(10-15(16,17)18)14-11(8-19)9-20-13-6-4-3-5-12(13)14/h3-6,9H,2,7,10H2,1H3. The van der Waals surface area contributed by atoms with E-state index in [0.29, 0.717) is 23.0 Å². The number of nitrogens with zero attached hydrogens (tertiary/aromatic N) is 3. The number of nitriles is 1. The van der Waals surface area contributed by atoms with Crippen molar-refractivity contribution in [2.75, 3.05) is 18.0 Å². The van der Waals surface area contributed by atoms with Crippen molar-refractivity contribution < 1.29 is 13.2 Å². The van der Waals surface area contributed by atoms with Crippen LogP contribution in [0.2, 0.25) is 0 Å². The van der Waals surface area contributed by atoms with Crippen LogP contribution in [0.1, 0.15) is 18.9 Å².